The van der Waals surface area contributed by atoms with E-state index in [4.69, 9.17) is 4.74 Å². The third kappa shape index (κ3) is 4.59. The van der Waals surface area contributed by atoms with E-state index in [2.05, 4.69) is 0 Å². The van der Waals surface area contributed by atoms with Crippen LogP contribution in [0.5, 0.6) is 0 Å². The molecule has 120 valence electrons. The Morgan fingerprint density at radius 2 is 1.35 bits per heavy atom. The lowest BCUT2D eigenvalue weighted by Gasteiger charge is -2.24. The third-order valence-electron chi connectivity index (χ3n) is 4.26. The molecular formula is C20H23NO2. The SMILES string of the molecule is O=C(OC1CCCC1)N(Cc1ccccc1)Cc1ccccc1. The van der Waals surface area contributed by atoms with Crippen molar-refractivity contribution in [3.8, 4) is 0 Å². The molecule has 0 heterocycles. The van der Waals surface area contributed by atoms with Crippen LogP contribution >= 0.6 is 0 Å². The summed E-state index contributed by atoms with van der Waals surface area (Å²) in [5.41, 5.74) is 2.23. The normalized spacial score (nSPS) is 14.6. The van der Waals surface area contributed by atoms with Gasteiger partial charge >= 0.3 is 6.09 Å². The Morgan fingerprint density at radius 3 is 1.83 bits per heavy atom. The van der Waals surface area contributed by atoms with Crippen molar-refractivity contribution in [2.75, 3.05) is 0 Å². The van der Waals surface area contributed by atoms with E-state index in [9.17, 15) is 4.79 Å². The van der Waals surface area contributed by atoms with Gasteiger partial charge in [0, 0.05) is 13.1 Å². The van der Waals surface area contributed by atoms with E-state index in [0.29, 0.717) is 13.1 Å². The number of nitrogens with zero attached hydrogens (tertiary/aromatic N) is 1. The van der Waals surface area contributed by atoms with Gasteiger partial charge in [0.2, 0.25) is 0 Å². The number of hydrogen-bond donors (Lipinski definition) is 0. The van der Waals surface area contributed by atoms with Crippen LogP contribution in [-0.2, 0) is 17.8 Å². The number of ether oxygens (including phenoxy) is 1. The van der Waals surface area contributed by atoms with Crippen LogP contribution in [0.4, 0.5) is 4.79 Å². The van der Waals surface area contributed by atoms with Gasteiger partial charge in [0.05, 0.1) is 0 Å². The van der Waals surface area contributed by atoms with E-state index in [1.54, 1.807) is 4.90 Å². The highest BCUT2D eigenvalue weighted by Gasteiger charge is 2.23. The minimum atomic E-state index is -0.204. The van der Waals surface area contributed by atoms with Crippen molar-refractivity contribution in [3.05, 3.63) is 71.8 Å². The van der Waals surface area contributed by atoms with Crippen LogP contribution in [0.15, 0.2) is 60.7 Å². The van der Waals surface area contributed by atoms with E-state index in [1.165, 1.54) is 0 Å². The Bertz CT molecular complexity index is 565. The molecule has 0 spiro atoms. The highest BCUT2D eigenvalue weighted by atomic mass is 16.6. The average Bonchev–Trinajstić information content (AvgIpc) is 3.09. The second-order valence-corrected chi connectivity index (χ2v) is 6.12. The summed E-state index contributed by atoms with van der Waals surface area (Å²) in [5.74, 6) is 0. The van der Waals surface area contributed by atoms with Gasteiger partial charge in [0.1, 0.15) is 6.10 Å². The highest BCUT2D eigenvalue weighted by molar-refractivity contribution is 5.68. The van der Waals surface area contributed by atoms with Crippen LogP contribution in [0.25, 0.3) is 0 Å². The van der Waals surface area contributed by atoms with E-state index in [0.717, 1.165) is 36.8 Å². The van der Waals surface area contributed by atoms with E-state index in [-0.39, 0.29) is 12.2 Å². The van der Waals surface area contributed by atoms with Crippen molar-refractivity contribution in [2.24, 2.45) is 0 Å². The van der Waals surface area contributed by atoms with Crippen LogP contribution in [0.1, 0.15) is 36.8 Å². The summed E-state index contributed by atoms with van der Waals surface area (Å²) in [5, 5.41) is 0. The molecule has 1 fully saturated rings. The summed E-state index contributed by atoms with van der Waals surface area (Å²) in [6, 6.07) is 20.1. The van der Waals surface area contributed by atoms with Gasteiger partial charge in [-0.05, 0) is 36.8 Å². The van der Waals surface area contributed by atoms with Crippen molar-refractivity contribution in [1.29, 1.82) is 0 Å². The number of carbonyl (C=O) groups is 1. The topological polar surface area (TPSA) is 29.5 Å². The molecule has 3 heteroatoms. The molecule has 3 nitrogen and oxygen atoms in total. The highest BCUT2D eigenvalue weighted by Crippen LogP contribution is 2.22. The van der Waals surface area contributed by atoms with Gasteiger partial charge in [-0.25, -0.2) is 4.79 Å². The molecule has 1 aliphatic rings. The Morgan fingerprint density at radius 1 is 0.870 bits per heavy atom. The van der Waals surface area contributed by atoms with E-state index in [1.807, 2.05) is 60.7 Å². The monoisotopic (exact) mass is 309 g/mol. The lowest BCUT2D eigenvalue weighted by molar-refractivity contribution is 0.0610. The Labute approximate surface area is 137 Å². The minimum absolute atomic E-state index is 0.0940. The molecule has 2 aromatic rings. The Kier molecular flexibility index (Phi) is 5.30. The minimum Gasteiger partial charge on any atom is -0.446 e. The molecule has 2 aromatic carbocycles. The molecular weight excluding hydrogens is 286 g/mol. The predicted octanol–water partition coefficient (Wildman–Crippen LogP) is 4.77. The molecule has 0 radical (unpaired) electrons. The molecule has 0 N–H and O–H groups in total. The molecule has 0 aliphatic heterocycles. The van der Waals surface area contributed by atoms with Crippen molar-refractivity contribution >= 4 is 6.09 Å². The van der Waals surface area contributed by atoms with Gasteiger partial charge in [-0.2, -0.15) is 0 Å². The third-order valence-corrected chi connectivity index (χ3v) is 4.26. The van der Waals surface area contributed by atoms with Crippen LogP contribution in [-0.4, -0.2) is 17.1 Å². The maximum atomic E-state index is 12.6. The number of hydrogen-bond acceptors (Lipinski definition) is 2. The summed E-state index contributed by atoms with van der Waals surface area (Å²) in [7, 11) is 0. The van der Waals surface area contributed by atoms with E-state index < -0.39 is 0 Å². The molecule has 23 heavy (non-hydrogen) atoms. The zero-order valence-electron chi connectivity index (χ0n) is 13.4. The zero-order chi connectivity index (χ0) is 15.9. The zero-order valence-corrected chi connectivity index (χ0v) is 13.4. The summed E-state index contributed by atoms with van der Waals surface area (Å²) < 4.78 is 5.70. The van der Waals surface area contributed by atoms with Crippen molar-refractivity contribution in [2.45, 2.75) is 44.9 Å². The molecule has 1 saturated carbocycles. The number of benzene rings is 2. The lowest BCUT2D eigenvalue weighted by Crippen LogP contribution is -2.33. The van der Waals surface area contributed by atoms with Crippen LogP contribution in [0, 0.1) is 0 Å². The van der Waals surface area contributed by atoms with E-state index >= 15 is 0 Å². The second-order valence-electron chi connectivity index (χ2n) is 6.12. The van der Waals surface area contributed by atoms with Crippen molar-refractivity contribution < 1.29 is 9.53 Å². The molecule has 3 rings (SSSR count). The van der Waals surface area contributed by atoms with Gasteiger partial charge in [-0.3, -0.25) is 4.90 Å². The van der Waals surface area contributed by atoms with Gasteiger partial charge in [-0.1, -0.05) is 60.7 Å². The first-order valence-electron chi connectivity index (χ1n) is 8.34. The molecule has 0 bridgehead atoms. The summed E-state index contributed by atoms with van der Waals surface area (Å²) in [6.45, 7) is 1.14. The molecule has 0 unspecified atom stereocenters. The first-order chi connectivity index (χ1) is 11.3. The summed E-state index contributed by atoms with van der Waals surface area (Å²) in [4.78, 5) is 14.4. The fraction of sp³-hybridized carbons (Fsp3) is 0.350. The quantitative estimate of drug-likeness (QED) is 0.796. The van der Waals surface area contributed by atoms with Crippen LogP contribution in [0.2, 0.25) is 0 Å². The van der Waals surface area contributed by atoms with Crippen LogP contribution in [0.3, 0.4) is 0 Å². The molecule has 0 atom stereocenters. The molecule has 1 aliphatic carbocycles. The first kappa shape index (κ1) is 15.6. The fourth-order valence-electron chi connectivity index (χ4n) is 3.02. The van der Waals surface area contributed by atoms with Gasteiger partial charge < -0.3 is 4.74 Å². The first-order valence-corrected chi connectivity index (χ1v) is 8.34. The average molecular weight is 309 g/mol. The lowest BCUT2D eigenvalue weighted by atomic mass is 10.2. The Balaban J connectivity index is 1.70. The largest absolute Gasteiger partial charge is 0.446 e. The smallest absolute Gasteiger partial charge is 0.410 e. The maximum absolute atomic E-state index is 12.6. The summed E-state index contributed by atoms with van der Waals surface area (Å²) in [6.07, 6.45) is 4.21. The number of rotatable bonds is 5. The second kappa shape index (κ2) is 7.82. The molecule has 0 saturated heterocycles. The maximum Gasteiger partial charge on any atom is 0.410 e. The van der Waals surface area contributed by atoms with Crippen LogP contribution < -0.4 is 0 Å². The Hall–Kier alpha value is -2.29. The molecule has 1 amide bonds. The number of amides is 1. The van der Waals surface area contributed by atoms with Gasteiger partial charge in [0.25, 0.3) is 0 Å². The molecule has 0 aromatic heterocycles. The standard InChI is InChI=1S/C20H23NO2/c22-20(23-19-13-7-8-14-19)21(15-17-9-3-1-4-10-17)16-18-11-5-2-6-12-18/h1-6,9-12,19H,7-8,13-16H2. The van der Waals surface area contributed by atoms with Gasteiger partial charge in [-0.15, -0.1) is 0 Å². The van der Waals surface area contributed by atoms with Crippen molar-refractivity contribution in [3.63, 3.8) is 0 Å². The van der Waals surface area contributed by atoms with Crippen molar-refractivity contribution in [1.82, 2.24) is 4.90 Å². The van der Waals surface area contributed by atoms with Gasteiger partial charge in [0.15, 0.2) is 0 Å². The number of carbonyl (C=O) groups excluding carboxylic acids is 1. The predicted molar refractivity (Wildman–Crippen MR) is 90.9 cm³/mol. The fourth-order valence-corrected chi connectivity index (χ4v) is 3.02. The summed E-state index contributed by atoms with van der Waals surface area (Å²) >= 11 is 0.